The van der Waals surface area contributed by atoms with E-state index in [9.17, 15) is 19.4 Å². The van der Waals surface area contributed by atoms with Gasteiger partial charge in [-0.25, -0.2) is 4.39 Å². The summed E-state index contributed by atoms with van der Waals surface area (Å²) in [6.45, 7) is 1.62. The van der Waals surface area contributed by atoms with Crippen LogP contribution in [0.2, 0.25) is 5.02 Å². The number of hydrogen-bond acceptors (Lipinski definition) is 2. The van der Waals surface area contributed by atoms with Crippen molar-refractivity contribution in [1.29, 1.82) is 0 Å². The minimum absolute atomic E-state index is 0.0481. The number of hydrogen-bond donors (Lipinski definition) is 2. The molecule has 1 aromatic carbocycles. The molecule has 0 saturated heterocycles. The van der Waals surface area contributed by atoms with Crippen molar-refractivity contribution in [1.82, 2.24) is 0 Å². The number of rotatable bonds is 2. The average Bonchev–Trinajstić information content (AvgIpc) is 2.81. The maximum absolute atomic E-state index is 14.1. The highest BCUT2D eigenvalue weighted by atomic mass is 35.5. The molecule has 2 rings (SSSR count). The maximum atomic E-state index is 14.1. The molecule has 98 valence electrons. The van der Waals surface area contributed by atoms with E-state index in [2.05, 4.69) is 0 Å². The molecular formula is C13H14ClFO3. The fourth-order valence-electron chi connectivity index (χ4n) is 2.68. The summed E-state index contributed by atoms with van der Waals surface area (Å²) in [5.41, 5.74) is -0.693. The SMILES string of the molecule is Cc1cc(C2(C(=O)O)CCCC2)c(F)c(O)c1Cl. The van der Waals surface area contributed by atoms with E-state index in [4.69, 9.17) is 11.6 Å². The molecule has 0 aromatic heterocycles. The van der Waals surface area contributed by atoms with E-state index in [1.807, 2.05) is 0 Å². The fraction of sp³-hybridized carbons (Fsp3) is 0.462. The summed E-state index contributed by atoms with van der Waals surface area (Å²) in [6.07, 6.45) is 2.27. The zero-order valence-corrected chi connectivity index (χ0v) is 10.7. The number of carboxylic acids is 1. The molecule has 0 spiro atoms. The Morgan fingerprint density at radius 3 is 2.50 bits per heavy atom. The van der Waals surface area contributed by atoms with Crippen molar-refractivity contribution in [2.75, 3.05) is 0 Å². The third-order valence-electron chi connectivity index (χ3n) is 3.74. The molecule has 0 heterocycles. The maximum Gasteiger partial charge on any atom is 0.314 e. The predicted molar refractivity (Wildman–Crippen MR) is 65.6 cm³/mol. The molecule has 18 heavy (non-hydrogen) atoms. The second-order valence-electron chi connectivity index (χ2n) is 4.81. The van der Waals surface area contributed by atoms with Gasteiger partial charge in [-0.1, -0.05) is 30.5 Å². The molecule has 1 aliphatic rings. The Bertz CT molecular complexity index is 507. The second kappa shape index (κ2) is 4.43. The molecule has 2 N–H and O–H groups in total. The minimum Gasteiger partial charge on any atom is -0.504 e. The number of aromatic hydroxyl groups is 1. The summed E-state index contributed by atoms with van der Waals surface area (Å²) in [7, 11) is 0. The van der Waals surface area contributed by atoms with E-state index in [1.165, 1.54) is 6.07 Å². The van der Waals surface area contributed by atoms with Gasteiger partial charge in [-0.3, -0.25) is 4.79 Å². The normalized spacial score (nSPS) is 17.9. The van der Waals surface area contributed by atoms with E-state index in [0.29, 0.717) is 18.4 Å². The summed E-state index contributed by atoms with van der Waals surface area (Å²) in [5, 5.41) is 19.0. The van der Waals surface area contributed by atoms with Gasteiger partial charge in [0.15, 0.2) is 11.6 Å². The van der Waals surface area contributed by atoms with Gasteiger partial charge in [-0.2, -0.15) is 0 Å². The Kier molecular flexibility index (Phi) is 3.23. The lowest BCUT2D eigenvalue weighted by molar-refractivity contribution is -0.143. The molecule has 0 amide bonds. The number of aryl methyl sites for hydroxylation is 1. The van der Waals surface area contributed by atoms with Crippen molar-refractivity contribution < 1.29 is 19.4 Å². The van der Waals surface area contributed by atoms with Crippen molar-refractivity contribution in [2.45, 2.75) is 38.0 Å². The summed E-state index contributed by atoms with van der Waals surface area (Å²) in [5.74, 6) is -2.60. The van der Waals surface area contributed by atoms with Crippen LogP contribution in [0.1, 0.15) is 36.8 Å². The minimum atomic E-state index is -1.23. The molecule has 0 aliphatic heterocycles. The van der Waals surface area contributed by atoms with Crippen LogP contribution in [-0.2, 0) is 10.2 Å². The number of aliphatic carboxylic acids is 1. The first-order chi connectivity index (χ1) is 8.40. The Labute approximate surface area is 109 Å². The molecule has 5 heteroatoms. The van der Waals surface area contributed by atoms with Crippen molar-refractivity contribution in [3.05, 3.63) is 28.0 Å². The van der Waals surface area contributed by atoms with Crippen LogP contribution in [0.3, 0.4) is 0 Å². The Hall–Kier alpha value is -1.29. The molecule has 1 aromatic rings. The highest BCUT2D eigenvalue weighted by Crippen LogP contribution is 2.45. The number of phenols is 1. The molecular weight excluding hydrogens is 259 g/mol. The molecule has 1 fully saturated rings. The highest BCUT2D eigenvalue weighted by Gasteiger charge is 2.45. The number of phenolic OH excluding ortho intramolecular Hbond substituents is 1. The smallest absolute Gasteiger partial charge is 0.314 e. The van der Waals surface area contributed by atoms with Gasteiger partial charge in [0.25, 0.3) is 0 Å². The molecule has 0 bridgehead atoms. The lowest BCUT2D eigenvalue weighted by Gasteiger charge is -2.26. The van der Waals surface area contributed by atoms with Gasteiger partial charge in [-0.05, 0) is 25.3 Å². The molecule has 3 nitrogen and oxygen atoms in total. The fourth-order valence-corrected chi connectivity index (χ4v) is 2.82. The van der Waals surface area contributed by atoms with Gasteiger partial charge < -0.3 is 10.2 Å². The van der Waals surface area contributed by atoms with E-state index in [-0.39, 0.29) is 10.6 Å². The van der Waals surface area contributed by atoms with Crippen LogP contribution in [0.15, 0.2) is 6.07 Å². The largest absolute Gasteiger partial charge is 0.504 e. The molecule has 1 saturated carbocycles. The molecule has 0 unspecified atom stereocenters. The van der Waals surface area contributed by atoms with Crippen LogP contribution >= 0.6 is 11.6 Å². The quantitative estimate of drug-likeness (QED) is 0.868. The van der Waals surface area contributed by atoms with Crippen LogP contribution in [0.4, 0.5) is 4.39 Å². The van der Waals surface area contributed by atoms with Gasteiger partial charge in [0, 0.05) is 5.56 Å². The lowest BCUT2D eigenvalue weighted by Crippen LogP contribution is -2.33. The van der Waals surface area contributed by atoms with Crippen molar-refractivity contribution in [2.24, 2.45) is 0 Å². The summed E-state index contributed by atoms with van der Waals surface area (Å²) in [4.78, 5) is 11.5. The van der Waals surface area contributed by atoms with Crippen LogP contribution < -0.4 is 0 Å². The number of carbonyl (C=O) groups is 1. The van der Waals surface area contributed by atoms with Gasteiger partial charge in [0.2, 0.25) is 0 Å². The third-order valence-corrected chi connectivity index (χ3v) is 4.22. The standard InChI is InChI=1S/C13H14ClFO3/c1-7-6-8(10(15)11(16)9(7)14)13(12(17)18)4-2-3-5-13/h6,16H,2-5H2,1H3,(H,17,18). The number of halogens is 2. The first kappa shape index (κ1) is 13.1. The predicted octanol–water partition coefficient (Wildman–Crippen LogP) is 3.39. The van der Waals surface area contributed by atoms with Crippen molar-refractivity contribution in [3.63, 3.8) is 0 Å². The highest BCUT2D eigenvalue weighted by molar-refractivity contribution is 6.32. The van der Waals surface area contributed by atoms with E-state index in [1.54, 1.807) is 6.92 Å². The summed E-state index contributed by atoms with van der Waals surface area (Å²) in [6, 6.07) is 1.44. The van der Waals surface area contributed by atoms with Crippen molar-refractivity contribution in [3.8, 4) is 5.75 Å². The molecule has 1 aliphatic carbocycles. The molecule has 0 radical (unpaired) electrons. The third kappa shape index (κ3) is 1.75. The van der Waals surface area contributed by atoms with E-state index in [0.717, 1.165) is 12.8 Å². The van der Waals surface area contributed by atoms with Gasteiger partial charge in [0.1, 0.15) is 0 Å². The van der Waals surface area contributed by atoms with Crippen molar-refractivity contribution >= 4 is 17.6 Å². The van der Waals surface area contributed by atoms with E-state index < -0.39 is 23.0 Å². The average molecular weight is 273 g/mol. The first-order valence-electron chi connectivity index (χ1n) is 5.81. The summed E-state index contributed by atoms with van der Waals surface area (Å²) < 4.78 is 14.1. The molecule has 0 atom stereocenters. The Morgan fingerprint density at radius 1 is 1.44 bits per heavy atom. The van der Waals surface area contributed by atoms with Gasteiger partial charge in [0.05, 0.1) is 10.4 Å². The first-order valence-corrected chi connectivity index (χ1v) is 6.19. The van der Waals surface area contributed by atoms with Crippen LogP contribution in [-0.4, -0.2) is 16.2 Å². The zero-order chi connectivity index (χ0) is 13.5. The lowest BCUT2D eigenvalue weighted by atomic mass is 9.78. The van der Waals surface area contributed by atoms with Gasteiger partial charge in [-0.15, -0.1) is 0 Å². The second-order valence-corrected chi connectivity index (χ2v) is 5.19. The van der Waals surface area contributed by atoms with E-state index >= 15 is 0 Å². The van der Waals surface area contributed by atoms with Gasteiger partial charge >= 0.3 is 5.97 Å². The zero-order valence-electron chi connectivity index (χ0n) is 9.96. The number of benzene rings is 1. The van der Waals surface area contributed by atoms with Crippen LogP contribution in [0, 0.1) is 12.7 Å². The number of carboxylic acid groups (broad SMARTS) is 1. The monoisotopic (exact) mass is 272 g/mol. The van der Waals surface area contributed by atoms with Crippen LogP contribution in [0.25, 0.3) is 0 Å². The summed E-state index contributed by atoms with van der Waals surface area (Å²) >= 11 is 5.75. The van der Waals surface area contributed by atoms with Crippen LogP contribution in [0.5, 0.6) is 5.75 Å². The Morgan fingerprint density at radius 2 is 2.00 bits per heavy atom. The topological polar surface area (TPSA) is 57.5 Å². The Balaban J connectivity index is 2.67.